The molecule has 1 heterocycles. The Bertz CT molecular complexity index is 877. The Hall–Kier alpha value is -2.90. The van der Waals surface area contributed by atoms with Crippen LogP contribution in [-0.2, 0) is 17.9 Å². The Labute approximate surface area is 190 Å². The van der Waals surface area contributed by atoms with Crippen LogP contribution in [0.2, 0.25) is 0 Å². The van der Waals surface area contributed by atoms with Gasteiger partial charge >= 0.3 is 0 Å². The van der Waals surface area contributed by atoms with E-state index in [-0.39, 0.29) is 18.4 Å². The van der Waals surface area contributed by atoms with E-state index >= 15 is 0 Å². The quantitative estimate of drug-likeness (QED) is 0.595. The smallest absolute Gasteiger partial charge is 0.255 e. The first-order valence-corrected chi connectivity index (χ1v) is 11.4. The van der Waals surface area contributed by atoms with Gasteiger partial charge in [0.25, 0.3) is 5.91 Å². The van der Waals surface area contributed by atoms with Gasteiger partial charge in [-0.25, -0.2) is 0 Å². The molecular formula is C25H34N4O3. The summed E-state index contributed by atoms with van der Waals surface area (Å²) in [4.78, 5) is 29.5. The number of nitrogens with zero attached hydrogens (tertiary/aromatic N) is 2. The molecule has 1 fully saturated rings. The summed E-state index contributed by atoms with van der Waals surface area (Å²) in [5.74, 6) is -0.0429. The molecule has 0 unspecified atom stereocenters. The van der Waals surface area contributed by atoms with E-state index in [0.717, 1.165) is 44.8 Å². The number of carbonyl (C=O) groups is 2. The van der Waals surface area contributed by atoms with Gasteiger partial charge in [-0.2, -0.15) is 0 Å². The monoisotopic (exact) mass is 438 g/mol. The minimum atomic E-state index is -0.326. The van der Waals surface area contributed by atoms with Gasteiger partial charge in [-0.15, -0.1) is 0 Å². The van der Waals surface area contributed by atoms with Crippen LogP contribution in [0, 0.1) is 0 Å². The molecule has 0 spiro atoms. The molecule has 2 amide bonds. The summed E-state index contributed by atoms with van der Waals surface area (Å²) >= 11 is 0. The van der Waals surface area contributed by atoms with Crippen molar-refractivity contribution < 1.29 is 14.3 Å². The molecule has 0 bridgehead atoms. The Kier molecular flexibility index (Phi) is 9.07. The maximum atomic E-state index is 12.4. The minimum Gasteiger partial charge on any atom is -0.493 e. The topological polar surface area (TPSA) is 73.9 Å². The molecule has 0 saturated carbocycles. The van der Waals surface area contributed by atoms with E-state index in [1.54, 1.807) is 18.2 Å². The lowest BCUT2D eigenvalue weighted by Crippen LogP contribution is -2.45. The molecule has 7 heteroatoms. The fraction of sp³-hybridized carbons (Fsp3) is 0.440. The fourth-order valence-corrected chi connectivity index (χ4v) is 3.74. The summed E-state index contributed by atoms with van der Waals surface area (Å²) in [5.41, 5.74) is 2.74. The lowest BCUT2D eigenvalue weighted by atomic mass is 10.1. The average Bonchev–Trinajstić information content (AvgIpc) is 2.83. The summed E-state index contributed by atoms with van der Waals surface area (Å²) in [6.45, 7) is 11.4. The van der Waals surface area contributed by atoms with E-state index in [1.165, 1.54) is 5.56 Å². The third kappa shape index (κ3) is 7.07. The molecule has 0 atom stereocenters. The van der Waals surface area contributed by atoms with Gasteiger partial charge in [-0.1, -0.05) is 43.3 Å². The molecule has 0 aliphatic carbocycles. The number of nitrogens with one attached hydrogen (secondary N) is 2. The molecule has 0 radical (unpaired) electrons. The van der Waals surface area contributed by atoms with Crippen LogP contribution in [0.15, 0.2) is 48.5 Å². The molecule has 0 aromatic heterocycles. The normalized spacial score (nSPS) is 14.7. The van der Waals surface area contributed by atoms with Crippen molar-refractivity contribution in [1.82, 2.24) is 20.4 Å². The largest absolute Gasteiger partial charge is 0.493 e. The van der Waals surface area contributed by atoms with Gasteiger partial charge in [-0.05, 0) is 36.7 Å². The summed E-state index contributed by atoms with van der Waals surface area (Å²) in [6.07, 6.45) is 0. The number of carbonyl (C=O) groups excluding carboxylic acids is 2. The van der Waals surface area contributed by atoms with Crippen molar-refractivity contribution in [3.63, 3.8) is 0 Å². The Morgan fingerprint density at radius 1 is 0.875 bits per heavy atom. The molecule has 2 aromatic carbocycles. The second-order valence-electron chi connectivity index (χ2n) is 7.92. The van der Waals surface area contributed by atoms with Crippen molar-refractivity contribution in [3.8, 4) is 5.75 Å². The number of hydrogen-bond donors (Lipinski definition) is 2. The molecule has 1 saturated heterocycles. The maximum Gasteiger partial charge on any atom is 0.255 e. The molecule has 32 heavy (non-hydrogen) atoms. The lowest BCUT2D eigenvalue weighted by Gasteiger charge is -2.34. The average molecular weight is 439 g/mol. The lowest BCUT2D eigenvalue weighted by molar-refractivity contribution is -0.120. The Morgan fingerprint density at radius 3 is 2.22 bits per heavy atom. The molecule has 2 aromatic rings. The van der Waals surface area contributed by atoms with E-state index < -0.39 is 0 Å². The van der Waals surface area contributed by atoms with Gasteiger partial charge in [-0.3, -0.25) is 14.5 Å². The standard InChI is InChI=1S/C25H34N4O3/c1-3-28-13-15-29(16-14-28)19-21-11-9-20(10-12-21)17-26-24(30)18-27-25(31)22-7-5-6-8-23(22)32-4-2/h5-12H,3-4,13-19H2,1-2H3,(H,26,30)(H,27,31). The van der Waals surface area contributed by atoms with Crippen molar-refractivity contribution in [1.29, 1.82) is 0 Å². The Morgan fingerprint density at radius 2 is 1.53 bits per heavy atom. The predicted molar refractivity (Wildman–Crippen MR) is 126 cm³/mol. The summed E-state index contributed by atoms with van der Waals surface area (Å²) in [6, 6.07) is 15.4. The Balaban J connectivity index is 1.40. The van der Waals surface area contributed by atoms with Crippen molar-refractivity contribution >= 4 is 11.8 Å². The zero-order chi connectivity index (χ0) is 22.8. The van der Waals surface area contributed by atoms with Gasteiger partial charge in [0.1, 0.15) is 5.75 Å². The summed E-state index contributed by atoms with van der Waals surface area (Å²) < 4.78 is 5.47. The first-order chi connectivity index (χ1) is 15.6. The number of para-hydroxylation sites is 1. The minimum absolute atomic E-state index is 0.0822. The molecule has 2 N–H and O–H groups in total. The summed E-state index contributed by atoms with van der Waals surface area (Å²) in [7, 11) is 0. The van der Waals surface area contributed by atoms with Crippen LogP contribution < -0.4 is 15.4 Å². The van der Waals surface area contributed by atoms with Gasteiger partial charge < -0.3 is 20.3 Å². The van der Waals surface area contributed by atoms with Gasteiger partial charge in [0.05, 0.1) is 18.7 Å². The molecule has 7 nitrogen and oxygen atoms in total. The van der Waals surface area contributed by atoms with E-state index in [2.05, 4.69) is 51.6 Å². The highest BCUT2D eigenvalue weighted by atomic mass is 16.5. The second-order valence-corrected chi connectivity index (χ2v) is 7.92. The zero-order valence-electron chi connectivity index (χ0n) is 19.1. The van der Waals surface area contributed by atoms with Crippen LogP contribution in [0.4, 0.5) is 0 Å². The number of ether oxygens (including phenoxy) is 1. The van der Waals surface area contributed by atoms with E-state index in [1.807, 2.05) is 13.0 Å². The summed E-state index contributed by atoms with van der Waals surface area (Å²) in [5, 5.41) is 5.51. The number of amides is 2. The van der Waals surface area contributed by atoms with Crippen molar-refractivity contribution in [2.24, 2.45) is 0 Å². The highest BCUT2D eigenvalue weighted by Gasteiger charge is 2.15. The predicted octanol–water partition coefficient (Wildman–Crippen LogP) is 2.27. The second kappa shape index (κ2) is 12.2. The molecule has 3 rings (SSSR count). The van der Waals surface area contributed by atoms with E-state index in [4.69, 9.17) is 4.74 Å². The molecular weight excluding hydrogens is 404 g/mol. The fourth-order valence-electron chi connectivity index (χ4n) is 3.74. The highest BCUT2D eigenvalue weighted by molar-refractivity contribution is 5.98. The van der Waals surface area contributed by atoms with Crippen LogP contribution >= 0.6 is 0 Å². The first kappa shape index (κ1) is 23.8. The van der Waals surface area contributed by atoms with Gasteiger partial charge in [0.15, 0.2) is 0 Å². The van der Waals surface area contributed by atoms with E-state index in [0.29, 0.717) is 24.5 Å². The van der Waals surface area contributed by atoms with E-state index in [9.17, 15) is 9.59 Å². The third-order valence-corrected chi connectivity index (χ3v) is 5.67. The molecule has 172 valence electrons. The third-order valence-electron chi connectivity index (χ3n) is 5.67. The number of benzene rings is 2. The van der Waals surface area contributed by atoms with Crippen molar-refractivity contribution in [2.75, 3.05) is 45.9 Å². The SMILES string of the molecule is CCOc1ccccc1C(=O)NCC(=O)NCc1ccc(CN2CCN(CC)CC2)cc1. The van der Waals surface area contributed by atoms with Crippen molar-refractivity contribution in [2.45, 2.75) is 26.9 Å². The first-order valence-electron chi connectivity index (χ1n) is 11.4. The van der Waals surface area contributed by atoms with Crippen LogP contribution in [0.5, 0.6) is 5.75 Å². The maximum absolute atomic E-state index is 12.4. The van der Waals surface area contributed by atoms with Crippen molar-refractivity contribution in [3.05, 3.63) is 65.2 Å². The number of rotatable bonds is 10. The molecule has 1 aliphatic rings. The van der Waals surface area contributed by atoms with Crippen LogP contribution in [-0.4, -0.2) is 67.5 Å². The highest BCUT2D eigenvalue weighted by Crippen LogP contribution is 2.17. The number of hydrogen-bond acceptors (Lipinski definition) is 5. The number of likely N-dealkylation sites (N-methyl/N-ethyl adjacent to an activating group) is 1. The number of piperazine rings is 1. The molecule has 1 aliphatic heterocycles. The van der Waals surface area contributed by atoms with Gasteiger partial charge in [0.2, 0.25) is 5.91 Å². The van der Waals surface area contributed by atoms with Crippen LogP contribution in [0.3, 0.4) is 0 Å². The van der Waals surface area contributed by atoms with Gasteiger partial charge in [0, 0.05) is 39.3 Å². The zero-order valence-corrected chi connectivity index (χ0v) is 19.1. The van der Waals surface area contributed by atoms with Crippen LogP contribution in [0.1, 0.15) is 35.3 Å². The van der Waals surface area contributed by atoms with Crippen LogP contribution in [0.25, 0.3) is 0 Å².